The largest absolute Gasteiger partial charge is 0.396 e. The third kappa shape index (κ3) is 3.77. The van der Waals surface area contributed by atoms with Crippen molar-refractivity contribution in [1.82, 2.24) is 14.9 Å². The third-order valence-corrected chi connectivity index (χ3v) is 5.04. The van der Waals surface area contributed by atoms with Gasteiger partial charge >= 0.3 is 0 Å². The quantitative estimate of drug-likeness (QED) is 0.732. The second kappa shape index (κ2) is 7.86. The number of anilines is 2. The van der Waals surface area contributed by atoms with Crippen molar-refractivity contribution in [2.75, 3.05) is 36.8 Å². The van der Waals surface area contributed by atoms with E-state index < -0.39 is 0 Å². The van der Waals surface area contributed by atoms with Gasteiger partial charge < -0.3 is 20.5 Å². The molecule has 0 saturated carbocycles. The first-order chi connectivity index (χ1) is 13.6. The molecule has 4 rings (SSSR count). The van der Waals surface area contributed by atoms with E-state index in [1.54, 1.807) is 18.3 Å². The lowest BCUT2D eigenvalue weighted by Gasteiger charge is -2.30. The van der Waals surface area contributed by atoms with Gasteiger partial charge in [0, 0.05) is 45.0 Å². The number of nitrogens with two attached hydrogens (primary N) is 1. The van der Waals surface area contributed by atoms with E-state index in [2.05, 4.69) is 26.8 Å². The van der Waals surface area contributed by atoms with Gasteiger partial charge in [0.2, 0.25) is 0 Å². The number of nitrogens with one attached hydrogen (secondary N) is 1. The minimum Gasteiger partial charge on any atom is -0.396 e. The highest BCUT2D eigenvalue weighted by molar-refractivity contribution is 5.78. The molecule has 5 nitrogen and oxygen atoms in total. The number of nitrogens with zero attached hydrogens (tertiary/aromatic N) is 3. The average Bonchev–Trinajstić information content (AvgIpc) is 3.02. The molecule has 1 aliphatic rings. The van der Waals surface area contributed by atoms with Crippen LogP contribution in [0, 0.1) is 5.82 Å². The number of halogens is 1. The molecule has 3 heterocycles. The van der Waals surface area contributed by atoms with Crippen molar-refractivity contribution in [2.24, 2.45) is 7.05 Å². The summed E-state index contributed by atoms with van der Waals surface area (Å²) in [6, 6.07) is 12.4. The first-order valence-corrected chi connectivity index (χ1v) is 9.43. The van der Waals surface area contributed by atoms with Crippen LogP contribution in [0.5, 0.6) is 0 Å². The van der Waals surface area contributed by atoms with Crippen molar-refractivity contribution in [2.45, 2.75) is 0 Å². The standard InChI is InChI=1S/C22H24FN5/c1-27-21(15-20(24)22(27)28-12-10-25-11-13-28)17-8-9-26-19(14-17)7-4-16-2-5-18(23)6-3-16/h2-9,14-15,25H,10-13,24H2,1H3/b7-4+. The lowest BCUT2D eigenvalue weighted by atomic mass is 10.1. The van der Waals surface area contributed by atoms with Gasteiger partial charge in [0.1, 0.15) is 11.6 Å². The van der Waals surface area contributed by atoms with Gasteiger partial charge in [-0.2, -0.15) is 0 Å². The van der Waals surface area contributed by atoms with Gasteiger partial charge in [-0.3, -0.25) is 4.98 Å². The molecule has 1 aromatic carbocycles. The van der Waals surface area contributed by atoms with Gasteiger partial charge in [0.05, 0.1) is 17.1 Å². The summed E-state index contributed by atoms with van der Waals surface area (Å²) < 4.78 is 15.2. The molecule has 0 atom stereocenters. The van der Waals surface area contributed by atoms with Crippen LogP contribution in [0.3, 0.4) is 0 Å². The first-order valence-electron chi connectivity index (χ1n) is 9.43. The molecule has 144 valence electrons. The number of hydrogen-bond donors (Lipinski definition) is 2. The zero-order chi connectivity index (χ0) is 19.5. The molecule has 28 heavy (non-hydrogen) atoms. The van der Waals surface area contributed by atoms with E-state index in [4.69, 9.17) is 5.73 Å². The highest BCUT2D eigenvalue weighted by Gasteiger charge is 2.19. The summed E-state index contributed by atoms with van der Waals surface area (Å²) in [5.74, 6) is 0.829. The number of aromatic nitrogens is 2. The van der Waals surface area contributed by atoms with Crippen molar-refractivity contribution >= 4 is 23.7 Å². The molecule has 6 heteroatoms. The predicted octanol–water partition coefficient (Wildman–Crippen LogP) is 3.39. The van der Waals surface area contributed by atoms with Crippen LogP contribution in [0.1, 0.15) is 11.3 Å². The van der Waals surface area contributed by atoms with E-state index in [1.165, 1.54) is 12.1 Å². The molecule has 0 radical (unpaired) electrons. The molecule has 0 bridgehead atoms. The normalized spacial score (nSPS) is 14.7. The lowest BCUT2D eigenvalue weighted by molar-refractivity contribution is 0.580. The summed E-state index contributed by atoms with van der Waals surface area (Å²) >= 11 is 0. The van der Waals surface area contributed by atoms with Crippen molar-refractivity contribution in [1.29, 1.82) is 0 Å². The third-order valence-electron chi connectivity index (χ3n) is 5.04. The van der Waals surface area contributed by atoms with Crippen LogP contribution in [0.15, 0.2) is 48.7 Å². The summed E-state index contributed by atoms with van der Waals surface area (Å²) in [5, 5.41) is 3.37. The van der Waals surface area contributed by atoms with Crippen LogP contribution in [0.2, 0.25) is 0 Å². The summed E-state index contributed by atoms with van der Waals surface area (Å²) in [4.78, 5) is 6.75. The van der Waals surface area contributed by atoms with Crippen LogP contribution in [0.4, 0.5) is 15.9 Å². The van der Waals surface area contributed by atoms with Crippen molar-refractivity contribution < 1.29 is 4.39 Å². The first kappa shape index (κ1) is 18.3. The van der Waals surface area contributed by atoms with Gasteiger partial charge in [0.25, 0.3) is 0 Å². The molecular formula is C22H24FN5. The topological polar surface area (TPSA) is 59.1 Å². The van der Waals surface area contributed by atoms with Gasteiger partial charge in [-0.05, 0) is 42.0 Å². The monoisotopic (exact) mass is 377 g/mol. The van der Waals surface area contributed by atoms with E-state index >= 15 is 0 Å². The smallest absolute Gasteiger partial charge is 0.132 e. The Balaban J connectivity index is 1.61. The maximum absolute atomic E-state index is 13.0. The Kier molecular flexibility index (Phi) is 5.12. The van der Waals surface area contributed by atoms with E-state index in [1.807, 2.05) is 30.4 Å². The molecule has 0 amide bonds. The minimum atomic E-state index is -0.237. The van der Waals surface area contributed by atoms with Crippen LogP contribution in [-0.2, 0) is 7.05 Å². The van der Waals surface area contributed by atoms with Gasteiger partial charge in [0.15, 0.2) is 0 Å². The van der Waals surface area contributed by atoms with Crippen LogP contribution in [-0.4, -0.2) is 35.7 Å². The minimum absolute atomic E-state index is 0.237. The Morgan fingerprint density at radius 2 is 1.82 bits per heavy atom. The second-order valence-corrected chi connectivity index (χ2v) is 6.96. The number of rotatable bonds is 4. The van der Waals surface area contributed by atoms with Gasteiger partial charge in [-0.1, -0.05) is 18.2 Å². The van der Waals surface area contributed by atoms with Crippen LogP contribution < -0.4 is 16.0 Å². The Hall–Kier alpha value is -3.12. The van der Waals surface area contributed by atoms with Crippen LogP contribution >= 0.6 is 0 Å². The van der Waals surface area contributed by atoms with Gasteiger partial charge in [-0.25, -0.2) is 4.39 Å². The zero-order valence-corrected chi connectivity index (χ0v) is 15.9. The molecule has 1 fully saturated rings. The maximum atomic E-state index is 13.0. The number of pyridine rings is 1. The zero-order valence-electron chi connectivity index (χ0n) is 15.9. The van der Waals surface area contributed by atoms with E-state index in [-0.39, 0.29) is 5.82 Å². The molecule has 0 aliphatic carbocycles. The molecular weight excluding hydrogens is 353 g/mol. The fourth-order valence-electron chi connectivity index (χ4n) is 3.62. The summed E-state index contributed by atoms with van der Waals surface area (Å²) in [6.45, 7) is 3.83. The molecule has 0 spiro atoms. The van der Waals surface area contributed by atoms with Crippen molar-refractivity contribution in [3.63, 3.8) is 0 Å². The SMILES string of the molecule is Cn1c(-c2ccnc(/C=C/c3ccc(F)cc3)c2)cc(N)c1N1CCNCC1. The molecule has 1 aliphatic heterocycles. The summed E-state index contributed by atoms with van der Waals surface area (Å²) in [6.07, 6.45) is 5.66. The Labute approximate surface area is 164 Å². The number of hydrogen-bond acceptors (Lipinski definition) is 4. The lowest BCUT2D eigenvalue weighted by Crippen LogP contribution is -2.44. The van der Waals surface area contributed by atoms with E-state index in [9.17, 15) is 4.39 Å². The summed E-state index contributed by atoms with van der Waals surface area (Å²) in [5.41, 5.74) is 11.0. The predicted molar refractivity (Wildman–Crippen MR) is 113 cm³/mol. The Bertz CT molecular complexity index is 985. The van der Waals surface area contributed by atoms with Gasteiger partial charge in [-0.15, -0.1) is 0 Å². The van der Waals surface area contributed by atoms with Crippen LogP contribution in [0.25, 0.3) is 23.4 Å². The number of nitrogen functional groups attached to an aromatic ring is 1. The molecule has 1 saturated heterocycles. The summed E-state index contributed by atoms with van der Waals surface area (Å²) in [7, 11) is 2.05. The fraction of sp³-hybridized carbons (Fsp3) is 0.227. The second-order valence-electron chi connectivity index (χ2n) is 6.96. The average molecular weight is 377 g/mol. The van der Waals surface area contributed by atoms with E-state index in [0.717, 1.165) is 60.2 Å². The number of benzene rings is 1. The molecule has 2 aromatic heterocycles. The van der Waals surface area contributed by atoms with Crippen molar-refractivity contribution in [3.05, 3.63) is 65.7 Å². The molecule has 3 aromatic rings. The van der Waals surface area contributed by atoms with Crippen molar-refractivity contribution in [3.8, 4) is 11.3 Å². The fourth-order valence-corrected chi connectivity index (χ4v) is 3.62. The molecule has 3 N–H and O–H groups in total. The van der Waals surface area contributed by atoms with E-state index in [0.29, 0.717) is 0 Å². The highest BCUT2D eigenvalue weighted by Crippen LogP contribution is 2.33. The Morgan fingerprint density at radius 1 is 1.07 bits per heavy atom. The molecule has 0 unspecified atom stereocenters. The number of piperazine rings is 1. The Morgan fingerprint density at radius 3 is 2.57 bits per heavy atom. The maximum Gasteiger partial charge on any atom is 0.132 e. The highest BCUT2D eigenvalue weighted by atomic mass is 19.1.